The highest BCUT2D eigenvalue weighted by molar-refractivity contribution is 7.90. The van der Waals surface area contributed by atoms with Gasteiger partial charge in [0.05, 0.1) is 18.5 Å². The number of nitrogens with zero attached hydrogens (tertiary/aromatic N) is 3. The summed E-state index contributed by atoms with van der Waals surface area (Å²) in [6.07, 6.45) is 5.62. The van der Waals surface area contributed by atoms with Crippen LogP contribution in [0.25, 0.3) is 0 Å². The van der Waals surface area contributed by atoms with Crippen molar-refractivity contribution in [2.75, 3.05) is 50.5 Å². The standard InChI is InChI=1S/C15H24N4O3S/c1-23(20,21)13-11-17-15(19-6-3-8-22-9-7-19)18-14(13)12-4-2-5-16-10-12/h11-12,16H,2-10H2,1H3. The molecule has 1 unspecified atom stereocenters. The molecule has 3 heterocycles. The van der Waals surface area contributed by atoms with Gasteiger partial charge in [0.15, 0.2) is 9.84 Å². The van der Waals surface area contributed by atoms with Crippen LogP contribution < -0.4 is 10.2 Å². The zero-order valence-electron chi connectivity index (χ0n) is 13.5. The molecule has 2 aliphatic heterocycles. The Morgan fingerprint density at radius 1 is 1.30 bits per heavy atom. The van der Waals surface area contributed by atoms with Gasteiger partial charge in [0.2, 0.25) is 5.95 Å². The predicted molar refractivity (Wildman–Crippen MR) is 87.6 cm³/mol. The first kappa shape index (κ1) is 16.6. The molecular weight excluding hydrogens is 316 g/mol. The van der Waals surface area contributed by atoms with Crippen molar-refractivity contribution < 1.29 is 13.2 Å². The molecular formula is C15H24N4O3S. The number of rotatable bonds is 3. The molecule has 0 spiro atoms. The lowest BCUT2D eigenvalue weighted by Gasteiger charge is -2.26. The van der Waals surface area contributed by atoms with Crippen LogP contribution in [0.3, 0.4) is 0 Å². The van der Waals surface area contributed by atoms with Gasteiger partial charge in [0.1, 0.15) is 4.90 Å². The second kappa shape index (κ2) is 7.11. The van der Waals surface area contributed by atoms with E-state index in [-0.39, 0.29) is 10.8 Å². The third kappa shape index (κ3) is 3.99. The van der Waals surface area contributed by atoms with Crippen LogP contribution in [0.15, 0.2) is 11.1 Å². The lowest BCUT2D eigenvalue weighted by atomic mass is 9.96. The van der Waals surface area contributed by atoms with Crippen LogP contribution in [0.4, 0.5) is 5.95 Å². The highest BCUT2D eigenvalue weighted by Crippen LogP contribution is 2.28. The molecule has 0 radical (unpaired) electrons. The van der Waals surface area contributed by atoms with Gasteiger partial charge in [-0.15, -0.1) is 0 Å². The summed E-state index contributed by atoms with van der Waals surface area (Å²) in [5, 5.41) is 3.33. The molecule has 2 saturated heterocycles. The Bertz CT molecular complexity index is 636. The third-order valence-corrected chi connectivity index (χ3v) is 5.47. The van der Waals surface area contributed by atoms with Crippen molar-refractivity contribution in [2.45, 2.75) is 30.1 Å². The van der Waals surface area contributed by atoms with E-state index in [1.54, 1.807) is 0 Å². The Labute approximate surface area is 137 Å². The molecule has 0 bridgehead atoms. The second-order valence-electron chi connectivity index (χ2n) is 6.19. The number of piperidine rings is 1. The van der Waals surface area contributed by atoms with E-state index in [0.29, 0.717) is 18.2 Å². The third-order valence-electron chi connectivity index (χ3n) is 4.36. The molecule has 1 atom stereocenters. The fourth-order valence-electron chi connectivity index (χ4n) is 3.14. The maximum atomic E-state index is 12.1. The van der Waals surface area contributed by atoms with Crippen molar-refractivity contribution in [3.05, 3.63) is 11.9 Å². The lowest BCUT2D eigenvalue weighted by molar-refractivity contribution is 0.152. The fourth-order valence-corrected chi connectivity index (χ4v) is 3.97. The largest absolute Gasteiger partial charge is 0.380 e. The molecule has 3 rings (SSSR count). The first-order valence-electron chi connectivity index (χ1n) is 8.16. The smallest absolute Gasteiger partial charge is 0.225 e. The summed E-state index contributed by atoms with van der Waals surface area (Å²) in [6, 6.07) is 0. The van der Waals surface area contributed by atoms with Gasteiger partial charge in [-0.25, -0.2) is 18.4 Å². The van der Waals surface area contributed by atoms with E-state index in [4.69, 9.17) is 4.74 Å². The Hall–Kier alpha value is -1.25. The molecule has 0 aromatic carbocycles. The molecule has 2 fully saturated rings. The summed E-state index contributed by atoms with van der Waals surface area (Å²) < 4.78 is 29.7. The Balaban J connectivity index is 1.96. The van der Waals surface area contributed by atoms with E-state index < -0.39 is 9.84 Å². The molecule has 1 N–H and O–H groups in total. The van der Waals surface area contributed by atoms with Crippen molar-refractivity contribution in [3.63, 3.8) is 0 Å². The predicted octanol–water partition coefficient (Wildman–Crippen LogP) is 0.574. The SMILES string of the molecule is CS(=O)(=O)c1cnc(N2CCCOCC2)nc1C1CCCNC1. The summed E-state index contributed by atoms with van der Waals surface area (Å²) in [5.74, 6) is 0.738. The van der Waals surface area contributed by atoms with Crippen LogP contribution in [-0.4, -0.2) is 64.0 Å². The molecule has 23 heavy (non-hydrogen) atoms. The van der Waals surface area contributed by atoms with Gasteiger partial charge in [0, 0.05) is 38.4 Å². The summed E-state index contributed by atoms with van der Waals surface area (Å²) in [6.45, 7) is 4.71. The van der Waals surface area contributed by atoms with E-state index in [0.717, 1.165) is 52.0 Å². The number of hydrogen-bond acceptors (Lipinski definition) is 7. The minimum absolute atomic E-state index is 0.124. The van der Waals surface area contributed by atoms with Gasteiger partial charge in [-0.1, -0.05) is 0 Å². The maximum Gasteiger partial charge on any atom is 0.225 e. The normalized spacial score (nSPS) is 23.5. The number of ether oxygens (including phenoxy) is 1. The van der Waals surface area contributed by atoms with Gasteiger partial charge >= 0.3 is 0 Å². The van der Waals surface area contributed by atoms with E-state index in [1.165, 1.54) is 12.5 Å². The minimum atomic E-state index is -3.33. The average Bonchev–Trinajstić information content (AvgIpc) is 2.83. The second-order valence-corrected chi connectivity index (χ2v) is 8.17. The lowest BCUT2D eigenvalue weighted by Crippen LogP contribution is -2.32. The van der Waals surface area contributed by atoms with Crippen LogP contribution in [-0.2, 0) is 14.6 Å². The van der Waals surface area contributed by atoms with Crippen LogP contribution in [0, 0.1) is 0 Å². The van der Waals surface area contributed by atoms with Crippen LogP contribution in [0.1, 0.15) is 30.9 Å². The van der Waals surface area contributed by atoms with Crippen molar-refractivity contribution in [3.8, 4) is 0 Å². The van der Waals surface area contributed by atoms with Gasteiger partial charge in [-0.3, -0.25) is 0 Å². The Kier molecular flexibility index (Phi) is 5.13. The van der Waals surface area contributed by atoms with Crippen LogP contribution >= 0.6 is 0 Å². The van der Waals surface area contributed by atoms with E-state index in [9.17, 15) is 8.42 Å². The van der Waals surface area contributed by atoms with Gasteiger partial charge in [0.25, 0.3) is 0 Å². The van der Waals surface area contributed by atoms with Gasteiger partial charge in [-0.2, -0.15) is 0 Å². The number of aromatic nitrogens is 2. The maximum absolute atomic E-state index is 12.1. The first-order chi connectivity index (χ1) is 11.1. The van der Waals surface area contributed by atoms with Gasteiger partial charge in [-0.05, 0) is 25.8 Å². The topological polar surface area (TPSA) is 84.4 Å². The minimum Gasteiger partial charge on any atom is -0.380 e. The molecule has 0 saturated carbocycles. The zero-order valence-corrected chi connectivity index (χ0v) is 14.3. The zero-order chi connectivity index (χ0) is 16.3. The fraction of sp³-hybridized carbons (Fsp3) is 0.733. The molecule has 0 aliphatic carbocycles. The van der Waals surface area contributed by atoms with Crippen LogP contribution in [0.2, 0.25) is 0 Å². The summed E-state index contributed by atoms with van der Waals surface area (Å²) in [5.41, 5.74) is 0.662. The van der Waals surface area contributed by atoms with Crippen molar-refractivity contribution in [1.29, 1.82) is 0 Å². The van der Waals surface area contributed by atoms with Gasteiger partial charge < -0.3 is 15.0 Å². The molecule has 0 amide bonds. The molecule has 2 aliphatic rings. The molecule has 1 aromatic rings. The summed E-state index contributed by atoms with van der Waals surface area (Å²) in [7, 11) is -3.33. The van der Waals surface area contributed by atoms with Crippen LogP contribution in [0.5, 0.6) is 0 Å². The number of hydrogen-bond donors (Lipinski definition) is 1. The summed E-state index contributed by atoms with van der Waals surface area (Å²) in [4.78, 5) is 11.3. The van der Waals surface area contributed by atoms with Crippen molar-refractivity contribution in [2.24, 2.45) is 0 Å². The average molecular weight is 340 g/mol. The monoisotopic (exact) mass is 340 g/mol. The summed E-state index contributed by atoms with van der Waals surface area (Å²) >= 11 is 0. The van der Waals surface area contributed by atoms with Crippen molar-refractivity contribution in [1.82, 2.24) is 15.3 Å². The molecule has 8 heteroatoms. The number of anilines is 1. The van der Waals surface area contributed by atoms with E-state index in [2.05, 4.69) is 20.2 Å². The number of sulfone groups is 1. The molecule has 1 aromatic heterocycles. The van der Waals surface area contributed by atoms with E-state index >= 15 is 0 Å². The molecule has 128 valence electrons. The van der Waals surface area contributed by atoms with Crippen molar-refractivity contribution >= 4 is 15.8 Å². The highest BCUT2D eigenvalue weighted by Gasteiger charge is 2.26. The quantitative estimate of drug-likeness (QED) is 0.861. The highest BCUT2D eigenvalue weighted by atomic mass is 32.2. The first-order valence-corrected chi connectivity index (χ1v) is 10.1. The Morgan fingerprint density at radius 3 is 2.91 bits per heavy atom. The number of nitrogens with one attached hydrogen (secondary N) is 1. The Morgan fingerprint density at radius 2 is 2.17 bits per heavy atom. The van der Waals surface area contributed by atoms with E-state index in [1.807, 2.05) is 0 Å². The molecule has 7 nitrogen and oxygen atoms in total.